The molecule has 20 heavy (non-hydrogen) atoms. The second kappa shape index (κ2) is 5.04. The molecule has 0 aliphatic heterocycles. The van der Waals surface area contributed by atoms with Crippen molar-refractivity contribution in [1.29, 1.82) is 0 Å². The number of carbonyl (C=O) groups is 2. The fraction of sp³-hybridized carbons (Fsp3) is 0.154. The molecule has 0 bridgehead atoms. The first-order valence-corrected chi connectivity index (χ1v) is 5.79. The molecule has 1 heterocycles. The van der Waals surface area contributed by atoms with E-state index >= 15 is 0 Å². The van der Waals surface area contributed by atoms with Crippen molar-refractivity contribution < 1.29 is 14.7 Å². The minimum absolute atomic E-state index is 0.0234. The largest absolute Gasteiger partial charge is 0.478 e. The molecule has 3 N–H and O–H groups in total. The molecule has 0 fully saturated rings. The number of anilines is 2. The summed E-state index contributed by atoms with van der Waals surface area (Å²) >= 11 is 0. The van der Waals surface area contributed by atoms with Crippen LogP contribution in [0, 0.1) is 0 Å². The number of carbonyl (C=O) groups excluding carboxylic acids is 1. The monoisotopic (exact) mass is 274 g/mol. The van der Waals surface area contributed by atoms with Crippen molar-refractivity contribution in [2.75, 3.05) is 17.7 Å². The number of nitrogen functional groups attached to an aromatic ring is 1. The molecule has 7 heteroatoms. The van der Waals surface area contributed by atoms with Gasteiger partial charge in [0.25, 0.3) is 5.91 Å². The van der Waals surface area contributed by atoms with E-state index in [4.69, 9.17) is 5.73 Å². The van der Waals surface area contributed by atoms with Crippen molar-refractivity contribution in [3.63, 3.8) is 0 Å². The third-order valence-corrected chi connectivity index (χ3v) is 2.87. The van der Waals surface area contributed by atoms with Gasteiger partial charge in [0.2, 0.25) is 0 Å². The summed E-state index contributed by atoms with van der Waals surface area (Å²) in [7, 11) is 3.20. The molecule has 2 aromatic rings. The van der Waals surface area contributed by atoms with E-state index in [1.54, 1.807) is 19.3 Å². The van der Waals surface area contributed by atoms with Gasteiger partial charge in [-0.05, 0) is 18.2 Å². The summed E-state index contributed by atoms with van der Waals surface area (Å²) in [4.78, 5) is 24.8. The number of carboxylic acids is 1. The van der Waals surface area contributed by atoms with Crippen LogP contribution in [0.25, 0.3) is 0 Å². The molecule has 1 aromatic carbocycles. The van der Waals surface area contributed by atoms with E-state index in [0.29, 0.717) is 11.3 Å². The van der Waals surface area contributed by atoms with E-state index in [-0.39, 0.29) is 17.2 Å². The standard InChI is InChI=1S/C13H14N4O3/c1-16-7-8(6-15-16)12(18)17(2)11-4-3-9(14)5-10(11)13(19)20/h3-7H,14H2,1-2H3,(H,19,20). The zero-order valence-electron chi connectivity index (χ0n) is 11.1. The number of benzene rings is 1. The molecule has 1 aromatic heterocycles. The third kappa shape index (κ3) is 2.46. The molecular formula is C13H14N4O3. The number of amides is 1. The number of nitrogens with zero attached hydrogens (tertiary/aromatic N) is 3. The lowest BCUT2D eigenvalue weighted by Gasteiger charge is -2.19. The van der Waals surface area contributed by atoms with E-state index in [1.165, 1.54) is 35.0 Å². The first-order valence-electron chi connectivity index (χ1n) is 5.79. The molecule has 0 atom stereocenters. The molecule has 0 saturated heterocycles. The maximum atomic E-state index is 12.3. The predicted octanol–water partition coefficient (Wildman–Crippen LogP) is 0.977. The van der Waals surface area contributed by atoms with Crippen LogP contribution in [0.15, 0.2) is 30.6 Å². The van der Waals surface area contributed by atoms with Crippen LogP contribution in [0.2, 0.25) is 0 Å². The van der Waals surface area contributed by atoms with Crippen molar-refractivity contribution in [3.05, 3.63) is 41.7 Å². The molecule has 1 amide bonds. The number of hydrogen-bond donors (Lipinski definition) is 2. The molecule has 104 valence electrons. The van der Waals surface area contributed by atoms with E-state index in [1.807, 2.05) is 0 Å². The summed E-state index contributed by atoms with van der Waals surface area (Å²) in [5, 5.41) is 13.1. The Labute approximate surface area is 115 Å². The smallest absolute Gasteiger partial charge is 0.337 e. The molecular weight excluding hydrogens is 260 g/mol. The number of aryl methyl sites for hydroxylation is 1. The molecule has 7 nitrogen and oxygen atoms in total. The summed E-state index contributed by atoms with van der Waals surface area (Å²) in [6, 6.07) is 4.38. The highest BCUT2D eigenvalue weighted by molar-refractivity contribution is 6.09. The van der Waals surface area contributed by atoms with Gasteiger partial charge in [-0.15, -0.1) is 0 Å². The lowest BCUT2D eigenvalue weighted by molar-refractivity contribution is 0.0698. The highest BCUT2D eigenvalue weighted by Gasteiger charge is 2.20. The first kappa shape index (κ1) is 13.6. The van der Waals surface area contributed by atoms with Gasteiger partial charge >= 0.3 is 5.97 Å². The van der Waals surface area contributed by atoms with Crippen LogP contribution in [-0.4, -0.2) is 33.8 Å². The maximum absolute atomic E-state index is 12.3. The lowest BCUT2D eigenvalue weighted by Crippen LogP contribution is -2.27. The van der Waals surface area contributed by atoms with Crippen molar-refractivity contribution in [2.24, 2.45) is 7.05 Å². The molecule has 0 radical (unpaired) electrons. The Bertz CT molecular complexity index is 678. The van der Waals surface area contributed by atoms with Gasteiger partial charge in [0.15, 0.2) is 0 Å². The van der Waals surface area contributed by atoms with Gasteiger partial charge in [-0.1, -0.05) is 0 Å². The Morgan fingerprint density at radius 2 is 2.10 bits per heavy atom. The zero-order chi connectivity index (χ0) is 14.9. The van der Waals surface area contributed by atoms with Crippen LogP contribution in [-0.2, 0) is 7.05 Å². The Balaban J connectivity index is 2.40. The molecule has 0 unspecified atom stereocenters. The van der Waals surface area contributed by atoms with Crippen molar-refractivity contribution in [3.8, 4) is 0 Å². The number of hydrogen-bond acceptors (Lipinski definition) is 4. The van der Waals surface area contributed by atoms with Crippen LogP contribution < -0.4 is 10.6 Å². The fourth-order valence-corrected chi connectivity index (χ4v) is 1.85. The highest BCUT2D eigenvalue weighted by atomic mass is 16.4. The van der Waals surface area contributed by atoms with E-state index in [9.17, 15) is 14.7 Å². The quantitative estimate of drug-likeness (QED) is 0.812. The van der Waals surface area contributed by atoms with E-state index < -0.39 is 5.97 Å². The SMILES string of the molecule is CN(C(=O)c1cnn(C)c1)c1ccc(N)cc1C(=O)O. The summed E-state index contributed by atoms with van der Waals surface area (Å²) in [5.41, 5.74) is 6.54. The number of aromatic nitrogens is 2. The predicted molar refractivity (Wildman–Crippen MR) is 73.8 cm³/mol. The lowest BCUT2D eigenvalue weighted by atomic mass is 10.1. The van der Waals surface area contributed by atoms with Crippen molar-refractivity contribution >= 4 is 23.3 Å². The summed E-state index contributed by atoms with van der Waals surface area (Å²) in [6.07, 6.45) is 2.99. The third-order valence-electron chi connectivity index (χ3n) is 2.87. The van der Waals surface area contributed by atoms with Gasteiger partial charge in [-0.2, -0.15) is 5.10 Å². The Hall–Kier alpha value is -2.83. The van der Waals surface area contributed by atoms with E-state index in [0.717, 1.165) is 0 Å². The van der Waals surface area contributed by atoms with Crippen LogP contribution in [0.5, 0.6) is 0 Å². The summed E-state index contributed by atoms with van der Waals surface area (Å²) < 4.78 is 1.50. The normalized spacial score (nSPS) is 10.3. The number of rotatable bonds is 3. The van der Waals surface area contributed by atoms with Crippen LogP contribution >= 0.6 is 0 Å². The average molecular weight is 274 g/mol. The second-order valence-electron chi connectivity index (χ2n) is 4.35. The highest BCUT2D eigenvalue weighted by Crippen LogP contribution is 2.23. The van der Waals surface area contributed by atoms with E-state index in [2.05, 4.69) is 5.10 Å². The van der Waals surface area contributed by atoms with Gasteiger partial charge in [0.05, 0.1) is 23.0 Å². The topological polar surface area (TPSA) is 101 Å². The molecule has 2 rings (SSSR count). The van der Waals surface area contributed by atoms with Gasteiger partial charge in [0.1, 0.15) is 0 Å². The summed E-state index contributed by atoms with van der Waals surface area (Å²) in [5.74, 6) is -1.48. The molecule has 0 spiro atoms. The Morgan fingerprint density at radius 3 is 2.65 bits per heavy atom. The minimum atomic E-state index is -1.14. The average Bonchev–Trinajstić information content (AvgIpc) is 2.83. The van der Waals surface area contributed by atoms with Gasteiger partial charge in [-0.25, -0.2) is 4.79 Å². The second-order valence-corrected chi connectivity index (χ2v) is 4.35. The number of aromatic carboxylic acids is 1. The Morgan fingerprint density at radius 1 is 1.40 bits per heavy atom. The number of carboxylic acid groups (broad SMARTS) is 1. The zero-order valence-corrected chi connectivity index (χ0v) is 11.1. The molecule has 0 aliphatic rings. The van der Waals surface area contributed by atoms with Crippen molar-refractivity contribution in [2.45, 2.75) is 0 Å². The van der Waals surface area contributed by atoms with Crippen molar-refractivity contribution in [1.82, 2.24) is 9.78 Å². The van der Waals surface area contributed by atoms with Crippen LogP contribution in [0.3, 0.4) is 0 Å². The summed E-state index contributed by atoms with van der Waals surface area (Å²) in [6.45, 7) is 0. The van der Waals surface area contributed by atoms with Gasteiger partial charge in [0, 0.05) is 26.0 Å². The van der Waals surface area contributed by atoms with Gasteiger partial charge < -0.3 is 15.7 Å². The minimum Gasteiger partial charge on any atom is -0.478 e. The molecule has 0 aliphatic carbocycles. The molecule has 0 saturated carbocycles. The maximum Gasteiger partial charge on any atom is 0.337 e. The first-order chi connectivity index (χ1) is 9.40. The Kier molecular flexibility index (Phi) is 3.43. The van der Waals surface area contributed by atoms with Gasteiger partial charge in [-0.3, -0.25) is 9.48 Å². The number of nitrogens with two attached hydrogens (primary N) is 1. The van der Waals surface area contributed by atoms with Crippen LogP contribution in [0.4, 0.5) is 11.4 Å². The fourth-order valence-electron chi connectivity index (χ4n) is 1.85. The van der Waals surface area contributed by atoms with Crippen LogP contribution in [0.1, 0.15) is 20.7 Å².